The highest BCUT2D eigenvalue weighted by atomic mass is 16.1. The first-order valence-electron chi connectivity index (χ1n) is 9.61. The molecule has 1 N–H and O–H groups in total. The summed E-state index contributed by atoms with van der Waals surface area (Å²) in [7, 11) is 2.11. The second-order valence-corrected chi connectivity index (χ2v) is 7.38. The van der Waals surface area contributed by atoms with Gasteiger partial charge in [0.25, 0.3) is 5.91 Å². The van der Waals surface area contributed by atoms with Gasteiger partial charge in [0.2, 0.25) is 0 Å². The Morgan fingerprint density at radius 1 is 0.929 bits per heavy atom. The number of anilines is 2. The number of nitrogens with one attached hydrogen (secondary N) is 1. The summed E-state index contributed by atoms with van der Waals surface area (Å²) in [6, 6.07) is 13.6. The quantitative estimate of drug-likeness (QED) is 0.761. The Labute approximate surface area is 165 Å². The Morgan fingerprint density at radius 3 is 2.32 bits per heavy atom. The third-order valence-corrected chi connectivity index (χ3v) is 5.42. The van der Waals surface area contributed by atoms with Gasteiger partial charge in [-0.05, 0) is 50.2 Å². The molecule has 2 aromatic carbocycles. The number of para-hydroxylation sites is 2. The van der Waals surface area contributed by atoms with E-state index >= 15 is 0 Å². The largest absolute Gasteiger partial charge is 0.352 e. The van der Waals surface area contributed by atoms with E-state index in [0.717, 1.165) is 54.0 Å². The number of piperazine rings is 1. The van der Waals surface area contributed by atoms with Gasteiger partial charge in [-0.25, -0.2) is 9.97 Å². The maximum Gasteiger partial charge on any atom is 0.278 e. The summed E-state index contributed by atoms with van der Waals surface area (Å²) in [6.45, 7) is 7.58. The Bertz CT molecular complexity index is 1020. The van der Waals surface area contributed by atoms with E-state index in [9.17, 15) is 4.79 Å². The molecule has 144 valence electrons. The van der Waals surface area contributed by atoms with E-state index in [-0.39, 0.29) is 5.91 Å². The predicted molar refractivity (Wildman–Crippen MR) is 113 cm³/mol. The molecule has 0 bridgehead atoms. The van der Waals surface area contributed by atoms with Crippen molar-refractivity contribution >= 4 is 28.4 Å². The van der Waals surface area contributed by atoms with Crippen molar-refractivity contribution in [1.29, 1.82) is 0 Å². The first-order chi connectivity index (χ1) is 13.5. The maximum atomic E-state index is 13.2. The van der Waals surface area contributed by atoms with Crippen molar-refractivity contribution in [3.05, 3.63) is 59.3 Å². The van der Waals surface area contributed by atoms with Crippen molar-refractivity contribution in [2.75, 3.05) is 43.4 Å². The molecule has 1 fully saturated rings. The second kappa shape index (κ2) is 7.56. The number of fused-ring (bicyclic) bond motifs is 1. The molecule has 1 saturated heterocycles. The van der Waals surface area contributed by atoms with E-state index in [1.165, 1.54) is 0 Å². The fourth-order valence-corrected chi connectivity index (χ4v) is 3.45. The summed E-state index contributed by atoms with van der Waals surface area (Å²) in [5.41, 5.74) is 4.92. The Balaban J connectivity index is 1.74. The van der Waals surface area contributed by atoms with Crippen LogP contribution in [0.2, 0.25) is 0 Å². The molecule has 1 aliphatic heterocycles. The summed E-state index contributed by atoms with van der Waals surface area (Å²) >= 11 is 0. The molecule has 28 heavy (non-hydrogen) atoms. The summed E-state index contributed by atoms with van der Waals surface area (Å²) in [5, 5.41) is 3.04. The maximum absolute atomic E-state index is 13.2. The van der Waals surface area contributed by atoms with Crippen LogP contribution in [0.4, 0.5) is 11.5 Å². The van der Waals surface area contributed by atoms with Gasteiger partial charge in [-0.2, -0.15) is 0 Å². The van der Waals surface area contributed by atoms with Crippen molar-refractivity contribution in [3.8, 4) is 0 Å². The summed E-state index contributed by atoms with van der Waals surface area (Å²) in [4.78, 5) is 27.1. The van der Waals surface area contributed by atoms with E-state index in [4.69, 9.17) is 4.98 Å². The first-order valence-corrected chi connectivity index (χ1v) is 9.61. The molecular formula is C22H25N5O. The van der Waals surface area contributed by atoms with E-state index in [2.05, 4.69) is 27.1 Å². The minimum Gasteiger partial charge on any atom is -0.352 e. The lowest BCUT2D eigenvalue weighted by atomic mass is 10.1. The molecule has 0 atom stereocenters. The summed E-state index contributed by atoms with van der Waals surface area (Å²) < 4.78 is 0. The third kappa shape index (κ3) is 3.55. The van der Waals surface area contributed by atoms with Crippen molar-refractivity contribution in [2.45, 2.75) is 13.8 Å². The van der Waals surface area contributed by atoms with Crippen LogP contribution in [0.5, 0.6) is 0 Å². The number of rotatable bonds is 3. The van der Waals surface area contributed by atoms with Gasteiger partial charge < -0.3 is 15.1 Å². The summed E-state index contributed by atoms with van der Waals surface area (Å²) in [6.07, 6.45) is 0. The molecule has 2 heterocycles. The van der Waals surface area contributed by atoms with Crippen molar-refractivity contribution in [3.63, 3.8) is 0 Å². The van der Waals surface area contributed by atoms with Gasteiger partial charge >= 0.3 is 0 Å². The number of likely N-dealkylation sites (N-methyl/N-ethyl adjacent to an activating group) is 1. The molecule has 6 nitrogen and oxygen atoms in total. The van der Waals surface area contributed by atoms with Crippen molar-refractivity contribution < 1.29 is 4.79 Å². The van der Waals surface area contributed by atoms with Gasteiger partial charge in [-0.15, -0.1) is 0 Å². The number of carbonyl (C=O) groups excluding carboxylic acids is 1. The Kier molecular flexibility index (Phi) is 4.96. The van der Waals surface area contributed by atoms with Crippen LogP contribution >= 0.6 is 0 Å². The predicted octanol–water partition coefficient (Wildman–Crippen LogP) is 3.25. The Hall–Kier alpha value is -2.99. The van der Waals surface area contributed by atoms with Crippen molar-refractivity contribution in [2.24, 2.45) is 0 Å². The SMILES string of the molecule is Cc1cccc(NC(=O)c2nc3ccccc3nc2N2CCN(C)CC2)c1C. The monoisotopic (exact) mass is 375 g/mol. The lowest BCUT2D eigenvalue weighted by Gasteiger charge is -2.33. The van der Waals surface area contributed by atoms with Gasteiger partial charge in [0, 0.05) is 31.9 Å². The Morgan fingerprint density at radius 2 is 1.61 bits per heavy atom. The number of carbonyl (C=O) groups is 1. The van der Waals surface area contributed by atoms with Crippen LogP contribution in [-0.2, 0) is 0 Å². The molecule has 0 unspecified atom stereocenters. The van der Waals surface area contributed by atoms with E-state index in [1.54, 1.807) is 0 Å². The van der Waals surface area contributed by atoms with Crippen LogP contribution in [0.1, 0.15) is 21.6 Å². The van der Waals surface area contributed by atoms with Gasteiger partial charge in [0.05, 0.1) is 11.0 Å². The molecule has 1 amide bonds. The molecule has 0 saturated carbocycles. The standard InChI is InChI=1S/C22H25N5O/c1-15-7-6-10-17(16(15)2)25-22(28)20-21(27-13-11-26(3)12-14-27)24-19-9-5-4-8-18(19)23-20/h4-10H,11-14H2,1-3H3,(H,25,28). The molecule has 3 aromatic rings. The minimum absolute atomic E-state index is 0.221. The van der Waals surface area contributed by atoms with Crippen LogP contribution in [0.15, 0.2) is 42.5 Å². The molecular weight excluding hydrogens is 350 g/mol. The highest BCUT2D eigenvalue weighted by molar-refractivity contribution is 6.07. The smallest absolute Gasteiger partial charge is 0.278 e. The fourth-order valence-electron chi connectivity index (χ4n) is 3.45. The third-order valence-electron chi connectivity index (χ3n) is 5.42. The highest BCUT2D eigenvalue weighted by Crippen LogP contribution is 2.24. The number of aromatic nitrogens is 2. The molecule has 0 radical (unpaired) electrons. The second-order valence-electron chi connectivity index (χ2n) is 7.38. The average Bonchev–Trinajstić information content (AvgIpc) is 2.71. The van der Waals surface area contributed by atoms with E-state index in [1.807, 2.05) is 56.3 Å². The number of aryl methyl sites for hydroxylation is 1. The number of hydrogen-bond donors (Lipinski definition) is 1. The molecule has 6 heteroatoms. The normalized spacial score (nSPS) is 15.0. The van der Waals surface area contributed by atoms with Crippen LogP contribution in [-0.4, -0.2) is 54.0 Å². The zero-order valence-corrected chi connectivity index (χ0v) is 16.6. The highest BCUT2D eigenvalue weighted by Gasteiger charge is 2.24. The average molecular weight is 375 g/mol. The zero-order valence-electron chi connectivity index (χ0n) is 16.6. The number of benzene rings is 2. The molecule has 0 spiro atoms. The van der Waals surface area contributed by atoms with Crippen LogP contribution in [0.3, 0.4) is 0 Å². The van der Waals surface area contributed by atoms with Crippen LogP contribution in [0, 0.1) is 13.8 Å². The number of hydrogen-bond acceptors (Lipinski definition) is 5. The number of nitrogens with zero attached hydrogens (tertiary/aromatic N) is 4. The lowest BCUT2D eigenvalue weighted by Crippen LogP contribution is -2.45. The topological polar surface area (TPSA) is 61.4 Å². The van der Waals surface area contributed by atoms with Crippen LogP contribution < -0.4 is 10.2 Å². The van der Waals surface area contributed by atoms with Crippen molar-refractivity contribution in [1.82, 2.24) is 14.9 Å². The van der Waals surface area contributed by atoms with Gasteiger partial charge in [-0.1, -0.05) is 24.3 Å². The molecule has 4 rings (SSSR count). The van der Waals surface area contributed by atoms with Gasteiger partial charge in [0.1, 0.15) is 0 Å². The lowest BCUT2D eigenvalue weighted by molar-refractivity contribution is 0.102. The van der Waals surface area contributed by atoms with Gasteiger partial charge in [-0.3, -0.25) is 4.79 Å². The molecule has 1 aromatic heterocycles. The summed E-state index contributed by atoms with van der Waals surface area (Å²) in [5.74, 6) is 0.440. The molecule has 1 aliphatic rings. The van der Waals surface area contributed by atoms with E-state index < -0.39 is 0 Å². The zero-order chi connectivity index (χ0) is 19.7. The number of amides is 1. The van der Waals surface area contributed by atoms with Crippen LogP contribution in [0.25, 0.3) is 11.0 Å². The molecule has 0 aliphatic carbocycles. The van der Waals surface area contributed by atoms with E-state index in [0.29, 0.717) is 11.5 Å². The van der Waals surface area contributed by atoms with Gasteiger partial charge in [0.15, 0.2) is 11.5 Å². The first kappa shape index (κ1) is 18.4. The minimum atomic E-state index is -0.221. The fraction of sp³-hybridized carbons (Fsp3) is 0.318.